The number of nitrogens with zero attached hydrogens (tertiary/aromatic N) is 2. The van der Waals surface area contributed by atoms with Crippen molar-refractivity contribution in [3.05, 3.63) is 67.3 Å². The van der Waals surface area contributed by atoms with Crippen LogP contribution in [0.3, 0.4) is 0 Å². The third-order valence-corrected chi connectivity index (χ3v) is 6.05. The molecule has 6 rings (SSSR count). The second-order valence-corrected chi connectivity index (χ2v) is 8.03. The average molecular weight is 409 g/mol. The van der Waals surface area contributed by atoms with E-state index in [-0.39, 0.29) is 0 Å². The van der Waals surface area contributed by atoms with Crippen molar-refractivity contribution in [1.29, 1.82) is 0 Å². The molecule has 3 N–H and O–H groups in total. The Balaban J connectivity index is 1.50. The normalized spacial score (nSPS) is 16.3. The molecule has 0 amide bonds. The SMILES string of the molecule is c1cnc2c(-c3ccc4cc[nH]c4c3)c(-c3ccncc3OC[C@@H]3CCCN3)[nH]c2c1. The molecule has 5 heterocycles. The minimum absolute atomic E-state index is 0.396. The van der Waals surface area contributed by atoms with Gasteiger partial charge in [-0.3, -0.25) is 9.97 Å². The van der Waals surface area contributed by atoms with Crippen LogP contribution in [-0.4, -0.2) is 39.1 Å². The molecule has 31 heavy (non-hydrogen) atoms. The van der Waals surface area contributed by atoms with Crippen molar-refractivity contribution in [3.63, 3.8) is 0 Å². The van der Waals surface area contributed by atoms with Crippen LogP contribution in [0.15, 0.2) is 67.3 Å². The average Bonchev–Trinajstić information content (AvgIpc) is 3.56. The van der Waals surface area contributed by atoms with E-state index in [1.165, 1.54) is 11.8 Å². The smallest absolute Gasteiger partial charge is 0.146 e. The van der Waals surface area contributed by atoms with Crippen LogP contribution in [0.4, 0.5) is 0 Å². The monoisotopic (exact) mass is 409 g/mol. The van der Waals surface area contributed by atoms with E-state index in [1.807, 2.05) is 30.7 Å². The Morgan fingerprint density at radius 3 is 3.00 bits per heavy atom. The summed E-state index contributed by atoms with van der Waals surface area (Å²) in [4.78, 5) is 15.9. The molecule has 0 unspecified atom stereocenters. The maximum absolute atomic E-state index is 6.25. The highest BCUT2D eigenvalue weighted by atomic mass is 16.5. The lowest BCUT2D eigenvalue weighted by atomic mass is 9.99. The van der Waals surface area contributed by atoms with E-state index in [1.54, 1.807) is 6.20 Å². The van der Waals surface area contributed by atoms with E-state index in [2.05, 4.69) is 50.6 Å². The highest BCUT2D eigenvalue weighted by molar-refractivity contribution is 6.03. The largest absolute Gasteiger partial charge is 0.490 e. The van der Waals surface area contributed by atoms with Gasteiger partial charge in [0.2, 0.25) is 0 Å². The first-order valence-corrected chi connectivity index (χ1v) is 10.7. The molecule has 6 heteroatoms. The maximum Gasteiger partial charge on any atom is 0.146 e. The Morgan fingerprint density at radius 2 is 2.06 bits per heavy atom. The molecule has 154 valence electrons. The van der Waals surface area contributed by atoms with Crippen LogP contribution in [0, 0.1) is 0 Å². The molecule has 1 atom stereocenters. The van der Waals surface area contributed by atoms with Gasteiger partial charge in [-0.1, -0.05) is 12.1 Å². The van der Waals surface area contributed by atoms with Gasteiger partial charge in [-0.15, -0.1) is 0 Å². The fourth-order valence-electron chi connectivity index (χ4n) is 4.50. The predicted molar refractivity (Wildman–Crippen MR) is 123 cm³/mol. The fourth-order valence-corrected chi connectivity index (χ4v) is 4.50. The van der Waals surface area contributed by atoms with Crippen LogP contribution in [0.25, 0.3) is 44.3 Å². The van der Waals surface area contributed by atoms with Gasteiger partial charge in [-0.2, -0.15) is 0 Å². The number of benzene rings is 1. The molecule has 1 aromatic carbocycles. The van der Waals surface area contributed by atoms with E-state index in [9.17, 15) is 0 Å². The summed E-state index contributed by atoms with van der Waals surface area (Å²) in [7, 11) is 0. The molecule has 0 radical (unpaired) electrons. The van der Waals surface area contributed by atoms with Gasteiger partial charge in [0.1, 0.15) is 12.4 Å². The number of rotatable bonds is 5. The van der Waals surface area contributed by atoms with Gasteiger partial charge < -0.3 is 20.0 Å². The molecule has 1 aliphatic rings. The van der Waals surface area contributed by atoms with Crippen molar-refractivity contribution >= 4 is 21.9 Å². The van der Waals surface area contributed by atoms with Crippen LogP contribution in [-0.2, 0) is 0 Å². The maximum atomic E-state index is 6.25. The molecular formula is C25H23N5O. The van der Waals surface area contributed by atoms with Crippen molar-refractivity contribution in [2.75, 3.05) is 13.2 Å². The molecule has 0 aliphatic carbocycles. The fraction of sp³-hybridized carbons (Fsp3) is 0.200. The summed E-state index contributed by atoms with van der Waals surface area (Å²) in [5, 5.41) is 4.68. The molecule has 1 aliphatic heterocycles. The number of pyridine rings is 2. The third-order valence-electron chi connectivity index (χ3n) is 6.05. The Kier molecular flexibility index (Phi) is 4.43. The second-order valence-electron chi connectivity index (χ2n) is 8.03. The summed E-state index contributed by atoms with van der Waals surface area (Å²) in [6.07, 6.45) is 9.77. The molecule has 0 saturated carbocycles. The summed E-state index contributed by atoms with van der Waals surface area (Å²) in [5.74, 6) is 0.782. The molecule has 6 nitrogen and oxygen atoms in total. The van der Waals surface area contributed by atoms with Crippen molar-refractivity contribution in [3.8, 4) is 28.1 Å². The highest BCUT2D eigenvalue weighted by Gasteiger charge is 2.21. The lowest BCUT2D eigenvalue weighted by molar-refractivity contribution is 0.277. The molecule has 0 bridgehead atoms. The Bertz CT molecular complexity index is 1360. The number of aromatic amines is 2. The van der Waals surface area contributed by atoms with E-state index in [0.29, 0.717) is 12.6 Å². The number of ether oxygens (including phenoxy) is 1. The molecular weight excluding hydrogens is 386 g/mol. The van der Waals surface area contributed by atoms with Gasteiger partial charge in [-0.05, 0) is 60.7 Å². The van der Waals surface area contributed by atoms with Crippen molar-refractivity contribution < 1.29 is 4.74 Å². The number of hydrogen-bond donors (Lipinski definition) is 3. The van der Waals surface area contributed by atoms with Gasteiger partial charge in [0.25, 0.3) is 0 Å². The number of nitrogens with one attached hydrogen (secondary N) is 3. The molecule has 1 saturated heterocycles. The summed E-state index contributed by atoms with van der Waals surface area (Å²) in [6, 6.07) is 15.0. The van der Waals surface area contributed by atoms with Gasteiger partial charge in [-0.25, -0.2) is 0 Å². The van der Waals surface area contributed by atoms with Gasteiger partial charge in [0, 0.05) is 41.3 Å². The number of aromatic nitrogens is 4. The quantitative estimate of drug-likeness (QED) is 0.386. The molecule has 5 aromatic rings. The van der Waals surface area contributed by atoms with Crippen molar-refractivity contribution in [2.45, 2.75) is 18.9 Å². The first kappa shape index (κ1) is 18.2. The summed E-state index contributed by atoms with van der Waals surface area (Å²) >= 11 is 0. The number of H-pyrrole nitrogens is 2. The summed E-state index contributed by atoms with van der Waals surface area (Å²) in [5.41, 5.74) is 7.22. The van der Waals surface area contributed by atoms with E-state index in [4.69, 9.17) is 9.72 Å². The lowest BCUT2D eigenvalue weighted by Crippen LogP contribution is -2.28. The zero-order valence-electron chi connectivity index (χ0n) is 17.1. The first-order chi connectivity index (χ1) is 15.4. The van der Waals surface area contributed by atoms with E-state index < -0.39 is 0 Å². The first-order valence-electron chi connectivity index (χ1n) is 10.7. The molecule has 4 aromatic heterocycles. The molecule has 0 spiro atoms. The van der Waals surface area contributed by atoms with E-state index in [0.717, 1.165) is 57.6 Å². The van der Waals surface area contributed by atoms with Gasteiger partial charge in [0.05, 0.1) is 22.9 Å². The highest BCUT2D eigenvalue weighted by Crippen LogP contribution is 2.41. The summed E-state index contributed by atoms with van der Waals surface area (Å²) < 4.78 is 6.25. The van der Waals surface area contributed by atoms with Crippen molar-refractivity contribution in [2.24, 2.45) is 0 Å². The Hall–Kier alpha value is -3.64. The minimum Gasteiger partial charge on any atom is -0.490 e. The minimum atomic E-state index is 0.396. The number of fused-ring (bicyclic) bond motifs is 2. The van der Waals surface area contributed by atoms with Gasteiger partial charge >= 0.3 is 0 Å². The van der Waals surface area contributed by atoms with Crippen LogP contribution in [0.2, 0.25) is 0 Å². The van der Waals surface area contributed by atoms with E-state index >= 15 is 0 Å². The van der Waals surface area contributed by atoms with Crippen molar-refractivity contribution in [1.82, 2.24) is 25.3 Å². The van der Waals surface area contributed by atoms with Crippen LogP contribution in [0.5, 0.6) is 5.75 Å². The standard InChI is InChI=1S/C25H23N5O/c1-3-18(27-9-1)15-31-22-14-26-11-8-19(22)24-23(25-20(30-24)4-2-10-29-25)17-6-5-16-7-12-28-21(16)13-17/h2,4-8,10-14,18,27-28,30H,1,3,9,15H2/t18-/m0/s1. The lowest BCUT2D eigenvalue weighted by Gasteiger charge is -2.15. The van der Waals surface area contributed by atoms with Crippen LogP contribution >= 0.6 is 0 Å². The zero-order valence-corrected chi connectivity index (χ0v) is 17.1. The third kappa shape index (κ3) is 3.25. The van der Waals surface area contributed by atoms with Gasteiger partial charge in [0.15, 0.2) is 0 Å². The van der Waals surface area contributed by atoms with Crippen LogP contribution in [0.1, 0.15) is 12.8 Å². The zero-order chi connectivity index (χ0) is 20.6. The predicted octanol–water partition coefficient (Wildman–Crippen LogP) is 4.90. The Morgan fingerprint density at radius 1 is 1.06 bits per heavy atom. The number of hydrogen-bond acceptors (Lipinski definition) is 4. The second kappa shape index (κ2) is 7.56. The molecule has 1 fully saturated rings. The van der Waals surface area contributed by atoms with Crippen LogP contribution < -0.4 is 10.1 Å². The Labute approximate surface area is 179 Å². The topological polar surface area (TPSA) is 78.6 Å². The summed E-state index contributed by atoms with van der Waals surface area (Å²) in [6.45, 7) is 1.70.